The average Bonchev–Trinajstić information content (AvgIpc) is 1.63. The first-order valence-corrected chi connectivity index (χ1v) is 38.5. The van der Waals surface area contributed by atoms with Crippen molar-refractivity contribution in [2.24, 2.45) is 5.73 Å². The van der Waals surface area contributed by atoms with Gasteiger partial charge in [-0.1, -0.05) is 12.1 Å². The number of pyridine rings is 1. The van der Waals surface area contributed by atoms with Crippen LogP contribution in [-0.4, -0.2) is 206 Å². The largest absolute Gasteiger partial charge is 1.00 e. The van der Waals surface area contributed by atoms with Gasteiger partial charge in [0.25, 0.3) is 29.5 Å². The number of fused-ring (bicyclic) bond motifs is 15. The van der Waals surface area contributed by atoms with Gasteiger partial charge >= 0.3 is 41.5 Å². The number of aliphatic hydroxyl groups is 2. The molecule has 6 amide bonds. The predicted molar refractivity (Wildman–Crippen MR) is 372 cm³/mol. The number of aliphatic hydroxyl groups excluding tert-OH is 1. The number of aromatic nitrogens is 7. The van der Waals surface area contributed by atoms with Crippen molar-refractivity contribution in [2.45, 2.75) is 113 Å². The SMILES string of the molecule is CO/C(C)=C1/NC(=O)C([C@@H](C)O)NC(=O)c2csc(n2)-c2cc(O)c(-c3nc(C(=O)NC(SCCP(=O)([O-])O)C(N)=O)cs3)nc2-c2csc(n2)[C@@H]2COC(=O)c3c4c5c(cccc5n3O)COC(=O)[C@@H](O[C@H]3C[C@](C)(O)[C@H](N(C)C)[C@H](C)O3)[C@@H](OC4)[C@H](NC(=O)c3csc1n3)c1nc(cs1)C(=O)N2.[Na+]. The maximum atomic E-state index is 15.2. The van der Waals surface area contributed by atoms with Gasteiger partial charge in [0.1, 0.15) is 127 Å². The molecule has 3 unspecified atom stereocenters. The summed E-state index contributed by atoms with van der Waals surface area (Å²) in [6, 6.07) is 0.435. The van der Waals surface area contributed by atoms with Crippen LogP contribution in [0.15, 0.2) is 56.9 Å². The van der Waals surface area contributed by atoms with Crippen LogP contribution in [0.2, 0.25) is 0 Å². The van der Waals surface area contributed by atoms with Gasteiger partial charge in [-0.25, -0.2) is 39.5 Å². The number of cyclic esters (lactones) is 2. The van der Waals surface area contributed by atoms with Gasteiger partial charge in [0.15, 0.2) is 23.5 Å². The van der Waals surface area contributed by atoms with Gasteiger partial charge in [-0.2, -0.15) is 4.73 Å². The van der Waals surface area contributed by atoms with E-state index in [1.54, 1.807) is 45.0 Å². The van der Waals surface area contributed by atoms with Crippen LogP contribution in [-0.2, 0) is 60.6 Å². The van der Waals surface area contributed by atoms with E-state index in [2.05, 4.69) is 41.5 Å². The maximum absolute atomic E-state index is 15.2. The quantitative estimate of drug-likeness (QED) is 0.0181. The Kier molecular flexibility index (Phi) is 23.8. The number of aromatic hydroxyl groups is 1. The number of esters is 2. The van der Waals surface area contributed by atoms with Crippen molar-refractivity contribution in [3.05, 3.63) is 112 Å². The Morgan fingerprint density at radius 1 is 0.895 bits per heavy atom. The van der Waals surface area contributed by atoms with E-state index >= 15 is 19.2 Å². The van der Waals surface area contributed by atoms with E-state index in [4.69, 9.17) is 49.1 Å². The standard InChI is InChI=1S/C62H65N14O21PS6.Na/c1-23(77)39-53(84)72-40(24(2)92-7)56-67-33(21-102-56)51(82)73-43-45-46(97-37-14-62(4,87)47(75(5)6)25(3)96-37)61(86)94-15-26-9-8-10-35-38(26)28(16-93-45)44(76(35)88)60(85)95-17-29(64-49(80)31-20-104-58(43)69-31)55-65-30(18-101-55)41-27(54-66-32(19-100-54)50(81)71-39)13-36(78)42(70-41)57-68-34(22-103-57)52(83)74-59(48(63)79)99-12-11-98(89,90)91;/h8-10,13,18-23,25,29,37,39,43,45-47,59,77-78,87-88H,11-12,14-17H2,1-7H3,(H2,63,79)(H,64,80)(H,71,81)(H,72,84)(H,73,82)(H,74,83)(H2,89,90,91);/q;+1/p-1/b40-24+;/t23-,25+,29+,37+,39?,43+,45+,46+,47-,59?,62+;/m1./s1. The van der Waals surface area contributed by atoms with Crippen molar-refractivity contribution >= 4 is 140 Å². The van der Waals surface area contributed by atoms with Crippen LogP contribution in [0, 0.1) is 0 Å². The van der Waals surface area contributed by atoms with E-state index < -0.39 is 158 Å². The Morgan fingerprint density at radius 3 is 2.25 bits per heavy atom. The molecule has 35 nitrogen and oxygen atoms in total. The van der Waals surface area contributed by atoms with Gasteiger partial charge in [-0.05, 0) is 59.5 Å². The molecule has 4 aliphatic rings. The van der Waals surface area contributed by atoms with E-state index in [-0.39, 0.29) is 146 Å². The minimum atomic E-state index is -4.73. The molecule has 4 aliphatic heterocycles. The maximum Gasteiger partial charge on any atom is 1.00 e. The molecular weight excluding hydrogens is 1520 g/mol. The Bertz CT molecular complexity index is 4820. The van der Waals surface area contributed by atoms with E-state index in [1.165, 1.54) is 60.0 Å². The number of nitrogens with zero attached hydrogens (tertiary/aromatic N) is 8. The zero-order chi connectivity index (χ0) is 74.5. The Morgan fingerprint density at radius 2 is 1.55 bits per heavy atom. The van der Waals surface area contributed by atoms with Gasteiger partial charge in [-0.3, -0.25) is 28.8 Å². The van der Waals surface area contributed by atoms with Crippen molar-refractivity contribution in [3.63, 3.8) is 0 Å². The first-order valence-electron chi connectivity index (χ1n) is 31.3. The number of amides is 6. The number of thiazole rings is 5. The number of thioether (sulfide) groups is 1. The minimum Gasteiger partial charge on any atom is -0.779 e. The molecule has 7 aromatic heterocycles. The van der Waals surface area contributed by atoms with Crippen molar-refractivity contribution in [2.75, 3.05) is 39.7 Å². The molecular formula is C62H64N14NaO21PS6. The number of likely N-dealkylation sites (N-methyl/N-ethyl adjacent to an activating group) is 1. The van der Waals surface area contributed by atoms with Gasteiger partial charge in [0.2, 0.25) is 5.91 Å². The van der Waals surface area contributed by atoms with Crippen LogP contribution in [0.1, 0.15) is 125 Å². The van der Waals surface area contributed by atoms with Crippen LogP contribution in [0.3, 0.4) is 0 Å². The second kappa shape index (κ2) is 32.0. The third kappa shape index (κ3) is 16.7. The number of methoxy groups -OCH3 is 1. The first kappa shape index (κ1) is 78.3. The number of nitrogens with one attached hydrogen (secondary N) is 5. The molecule has 11 heterocycles. The fraction of sp³-hybridized carbons (Fsp3) is 0.387. The number of nitrogens with two attached hydrogens (primary N) is 1. The molecule has 12 rings (SSSR count). The zero-order valence-corrected chi connectivity index (χ0v) is 64.3. The number of ether oxygens (including phenoxy) is 6. The topological polar surface area (TPSA) is 505 Å². The van der Waals surface area contributed by atoms with Crippen molar-refractivity contribution in [1.29, 1.82) is 0 Å². The molecule has 1 saturated heterocycles. The molecule has 12 N–H and O–H groups in total. The average molecular weight is 1590 g/mol. The number of rotatable bonds is 13. The third-order valence-corrected chi connectivity index (χ3v) is 23.6. The molecule has 12 bridgehead atoms. The van der Waals surface area contributed by atoms with E-state index in [9.17, 15) is 54.1 Å². The Hall–Kier alpha value is -7.78. The van der Waals surface area contributed by atoms with Crippen LogP contribution in [0.5, 0.6) is 5.75 Å². The van der Waals surface area contributed by atoms with Gasteiger partial charge < -0.3 is 101 Å². The molecule has 0 spiro atoms. The smallest absolute Gasteiger partial charge is 0.779 e. The van der Waals surface area contributed by atoms with E-state index in [0.717, 1.165) is 56.7 Å². The van der Waals surface area contributed by atoms with Crippen LogP contribution in [0.25, 0.3) is 49.3 Å². The second-order valence-electron chi connectivity index (χ2n) is 24.5. The summed E-state index contributed by atoms with van der Waals surface area (Å²) in [6.45, 7) is 4.10. The van der Waals surface area contributed by atoms with Crippen molar-refractivity contribution in [1.82, 2.24) is 66.1 Å². The summed E-state index contributed by atoms with van der Waals surface area (Å²) in [7, 11) is 0.0704. The Labute approximate surface area is 641 Å². The third-order valence-electron chi connectivity index (χ3n) is 16.9. The summed E-state index contributed by atoms with van der Waals surface area (Å²) in [5.74, 6) is -8.97. The summed E-state index contributed by atoms with van der Waals surface area (Å²) in [5, 5.41) is 65.7. The number of carbonyl (C=O) groups is 8. The molecule has 0 saturated carbocycles. The molecule has 1 fully saturated rings. The molecule has 12 atom stereocenters. The molecule has 550 valence electrons. The zero-order valence-electron chi connectivity index (χ0n) is 56.5. The van der Waals surface area contributed by atoms with Gasteiger partial charge in [-0.15, -0.1) is 68.4 Å². The van der Waals surface area contributed by atoms with Crippen LogP contribution >= 0.6 is 76.0 Å². The normalized spacial score (nSPS) is 24.1. The first-order chi connectivity index (χ1) is 49.4. The van der Waals surface area contributed by atoms with Crippen molar-refractivity contribution < 1.29 is 131 Å². The predicted octanol–water partition coefficient (Wildman–Crippen LogP) is -0.0132. The van der Waals surface area contributed by atoms with Gasteiger partial charge in [0, 0.05) is 61.7 Å². The summed E-state index contributed by atoms with van der Waals surface area (Å²) in [5.41, 5.74) is 2.13. The summed E-state index contributed by atoms with van der Waals surface area (Å²) < 4.78 is 49.6. The summed E-state index contributed by atoms with van der Waals surface area (Å²) in [6.07, 6.45) is -8.41. The van der Waals surface area contributed by atoms with E-state index in [1.807, 2.05) is 0 Å². The number of allylic oxidation sites excluding steroid dienone is 1. The molecule has 0 radical (unpaired) electrons. The van der Waals surface area contributed by atoms with E-state index in [0.29, 0.717) is 16.5 Å². The number of hydrogen-bond acceptors (Lipinski definition) is 33. The monoisotopic (exact) mass is 1590 g/mol. The van der Waals surface area contributed by atoms with Crippen LogP contribution < -0.4 is 66.8 Å². The number of hydrogen-bond donors (Lipinski definition) is 11. The molecule has 1 aromatic carbocycles. The summed E-state index contributed by atoms with van der Waals surface area (Å²) in [4.78, 5) is 166. The molecule has 8 aromatic rings. The second-order valence-corrected chi connectivity index (χ2v) is 31.8. The molecule has 43 heteroatoms. The van der Waals surface area contributed by atoms with Crippen molar-refractivity contribution in [3.8, 4) is 38.4 Å². The minimum absolute atomic E-state index is 0. The van der Waals surface area contributed by atoms with Crippen LogP contribution in [0.4, 0.5) is 0 Å². The fourth-order valence-corrected chi connectivity index (χ4v) is 18.3. The molecule has 0 aliphatic carbocycles. The molecule has 105 heavy (non-hydrogen) atoms. The number of primary amides is 1. The number of carbonyl (C=O) groups excluding carboxylic acids is 8. The summed E-state index contributed by atoms with van der Waals surface area (Å²) >= 11 is 4.92. The number of benzene rings is 1. The Balaban J connectivity index is 0.0000110. The van der Waals surface area contributed by atoms with Gasteiger partial charge in [0.05, 0.1) is 43.1 Å². The fourth-order valence-electron chi connectivity index (χ4n) is 12.1.